The maximum Gasteiger partial charge on any atom is 0.0563 e. The Hall–Kier alpha value is -0.340. The summed E-state index contributed by atoms with van der Waals surface area (Å²) in [5.41, 5.74) is 0. The third-order valence-corrected chi connectivity index (χ3v) is 3.44. The molecule has 74 valence electrons. The first-order valence-corrected chi connectivity index (χ1v) is 5.82. The van der Waals surface area contributed by atoms with E-state index in [1.807, 2.05) is 6.92 Å². The van der Waals surface area contributed by atoms with E-state index in [2.05, 4.69) is 24.4 Å². The molecule has 0 aromatic carbocycles. The van der Waals surface area contributed by atoms with Gasteiger partial charge in [-0.05, 0) is 36.6 Å². The van der Waals surface area contributed by atoms with Crippen LogP contribution in [0.4, 0.5) is 0 Å². The predicted octanol–water partition coefficient (Wildman–Crippen LogP) is 3.09. The topological polar surface area (TPSA) is 20.2 Å². The van der Waals surface area contributed by atoms with Crippen LogP contribution >= 0.6 is 11.3 Å². The highest BCUT2D eigenvalue weighted by Gasteiger charge is 2.11. The number of aliphatic hydroxyl groups is 1. The smallest absolute Gasteiger partial charge is 0.0563 e. The van der Waals surface area contributed by atoms with Crippen molar-refractivity contribution in [2.45, 2.75) is 39.2 Å². The zero-order valence-corrected chi connectivity index (χ0v) is 9.18. The second kappa shape index (κ2) is 5.40. The minimum Gasteiger partial charge on any atom is -0.393 e. The van der Waals surface area contributed by atoms with Crippen molar-refractivity contribution in [2.24, 2.45) is 5.92 Å². The lowest BCUT2D eigenvalue weighted by molar-refractivity contribution is 0.108. The molecule has 0 saturated heterocycles. The summed E-state index contributed by atoms with van der Waals surface area (Å²) in [5, 5.41) is 11.7. The minimum absolute atomic E-state index is 0.125. The number of hydrogen-bond donors (Lipinski definition) is 1. The van der Waals surface area contributed by atoms with Crippen molar-refractivity contribution in [3.63, 3.8) is 0 Å². The lowest BCUT2D eigenvalue weighted by atomic mass is 9.97. The highest BCUT2D eigenvalue weighted by atomic mass is 32.1. The van der Waals surface area contributed by atoms with E-state index < -0.39 is 0 Å². The Morgan fingerprint density at radius 1 is 1.54 bits per heavy atom. The van der Waals surface area contributed by atoms with Gasteiger partial charge in [0.25, 0.3) is 0 Å². The van der Waals surface area contributed by atoms with Gasteiger partial charge in [0.1, 0.15) is 0 Å². The van der Waals surface area contributed by atoms with Crippen LogP contribution in [0.5, 0.6) is 0 Å². The fourth-order valence-electron chi connectivity index (χ4n) is 1.42. The average molecular weight is 198 g/mol. The molecule has 0 amide bonds. The summed E-state index contributed by atoms with van der Waals surface area (Å²) in [6, 6.07) is 4.25. The molecule has 0 aliphatic heterocycles. The van der Waals surface area contributed by atoms with Gasteiger partial charge in [-0.15, -0.1) is 11.3 Å². The van der Waals surface area contributed by atoms with Gasteiger partial charge < -0.3 is 5.11 Å². The van der Waals surface area contributed by atoms with Crippen LogP contribution in [0.3, 0.4) is 0 Å². The maximum atomic E-state index is 9.56. The molecule has 2 unspecified atom stereocenters. The summed E-state index contributed by atoms with van der Waals surface area (Å²) >= 11 is 1.80. The summed E-state index contributed by atoms with van der Waals surface area (Å²) < 4.78 is 0. The van der Waals surface area contributed by atoms with Crippen molar-refractivity contribution in [1.82, 2.24) is 0 Å². The van der Waals surface area contributed by atoms with E-state index in [0.717, 1.165) is 19.3 Å². The monoisotopic (exact) mass is 198 g/mol. The van der Waals surface area contributed by atoms with E-state index >= 15 is 0 Å². The molecule has 1 aromatic rings. The molecule has 1 N–H and O–H groups in total. The quantitative estimate of drug-likeness (QED) is 0.771. The molecule has 0 fully saturated rings. The number of aryl methyl sites for hydroxylation is 1. The van der Waals surface area contributed by atoms with Crippen LogP contribution < -0.4 is 0 Å². The molecule has 0 bridgehead atoms. The van der Waals surface area contributed by atoms with Crippen LogP contribution in [0, 0.1) is 5.92 Å². The fourth-order valence-corrected chi connectivity index (χ4v) is 2.14. The van der Waals surface area contributed by atoms with Gasteiger partial charge in [-0.2, -0.15) is 0 Å². The first-order valence-electron chi connectivity index (χ1n) is 4.94. The molecule has 0 spiro atoms. The molecule has 13 heavy (non-hydrogen) atoms. The minimum atomic E-state index is -0.125. The van der Waals surface area contributed by atoms with Gasteiger partial charge in [0.15, 0.2) is 0 Å². The Kier molecular flexibility index (Phi) is 4.46. The highest BCUT2D eigenvalue weighted by molar-refractivity contribution is 7.09. The molecule has 2 atom stereocenters. The summed E-state index contributed by atoms with van der Waals surface area (Å²) in [6.07, 6.45) is 2.94. The largest absolute Gasteiger partial charge is 0.393 e. The SMILES string of the molecule is CCC(O)C(C)CCc1cccs1. The lowest BCUT2D eigenvalue weighted by Gasteiger charge is -2.16. The molecule has 0 aliphatic carbocycles. The van der Waals surface area contributed by atoms with Gasteiger partial charge in [0.05, 0.1) is 6.10 Å². The Morgan fingerprint density at radius 2 is 2.31 bits per heavy atom. The summed E-state index contributed by atoms with van der Waals surface area (Å²) in [5.74, 6) is 0.423. The van der Waals surface area contributed by atoms with Crippen LogP contribution in [0.1, 0.15) is 31.6 Å². The van der Waals surface area contributed by atoms with Crippen LogP contribution in [-0.4, -0.2) is 11.2 Å². The lowest BCUT2D eigenvalue weighted by Crippen LogP contribution is -2.16. The third kappa shape index (κ3) is 3.49. The van der Waals surface area contributed by atoms with Crippen molar-refractivity contribution >= 4 is 11.3 Å². The molecular weight excluding hydrogens is 180 g/mol. The summed E-state index contributed by atoms with van der Waals surface area (Å²) in [6.45, 7) is 4.16. The van der Waals surface area contributed by atoms with Crippen molar-refractivity contribution < 1.29 is 5.11 Å². The van der Waals surface area contributed by atoms with E-state index in [0.29, 0.717) is 5.92 Å². The first-order chi connectivity index (χ1) is 6.24. The number of aliphatic hydroxyl groups excluding tert-OH is 1. The molecule has 0 saturated carbocycles. The van der Waals surface area contributed by atoms with Gasteiger partial charge in [0, 0.05) is 4.88 Å². The van der Waals surface area contributed by atoms with Crippen LogP contribution in [0.15, 0.2) is 17.5 Å². The Labute approximate surface area is 84.4 Å². The van der Waals surface area contributed by atoms with E-state index in [9.17, 15) is 5.11 Å². The molecule has 1 nitrogen and oxygen atoms in total. The normalized spacial score (nSPS) is 15.6. The van der Waals surface area contributed by atoms with Crippen molar-refractivity contribution in [3.05, 3.63) is 22.4 Å². The number of rotatable bonds is 5. The van der Waals surface area contributed by atoms with Gasteiger partial charge in [0.2, 0.25) is 0 Å². The molecule has 0 aliphatic rings. The second-order valence-electron chi connectivity index (χ2n) is 3.57. The second-order valence-corrected chi connectivity index (χ2v) is 4.60. The van der Waals surface area contributed by atoms with E-state index in [-0.39, 0.29) is 6.10 Å². The molecule has 1 aromatic heterocycles. The van der Waals surface area contributed by atoms with Gasteiger partial charge in [-0.25, -0.2) is 0 Å². The standard InChI is InChI=1S/C11H18OS/c1-3-11(12)9(2)6-7-10-5-4-8-13-10/h4-5,8-9,11-12H,3,6-7H2,1-2H3. The average Bonchev–Trinajstić information content (AvgIpc) is 2.65. The summed E-state index contributed by atoms with van der Waals surface area (Å²) in [4.78, 5) is 1.43. The van der Waals surface area contributed by atoms with Crippen molar-refractivity contribution in [1.29, 1.82) is 0 Å². The zero-order chi connectivity index (χ0) is 9.68. The highest BCUT2D eigenvalue weighted by Crippen LogP contribution is 2.17. The molecular formula is C11H18OS. The van der Waals surface area contributed by atoms with E-state index in [1.165, 1.54) is 4.88 Å². The maximum absolute atomic E-state index is 9.56. The Bertz CT molecular complexity index is 218. The molecule has 0 radical (unpaired) electrons. The van der Waals surface area contributed by atoms with Crippen molar-refractivity contribution in [3.8, 4) is 0 Å². The first kappa shape index (κ1) is 10.7. The van der Waals surface area contributed by atoms with Crippen LogP contribution in [0.25, 0.3) is 0 Å². The zero-order valence-electron chi connectivity index (χ0n) is 8.36. The van der Waals surface area contributed by atoms with Gasteiger partial charge in [-0.3, -0.25) is 0 Å². The predicted molar refractivity (Wildman–Crippen MR) is 58.1 cm³/mol. The molecule has 1 heterocycles. The van der Waals surface area contributed by atoms with Crippen molar-refractivity contribution in [2.75, 3.05) is 0 Å². The van der Waals surface area contributed by atoms with Crippen LogP contribution in [0.2, 0.25) is 0 Å². The Balaban J connectivity index is 2.26. The fraction of sp³-hybridized carbons (Fsp3) is 0.636. The number of hydrogen-bond acceptors (Lipinski definition) is 2. The van der Waals surface area contributed by atoms with E-state index in [4.69, 9.17) is 0 Å². The number of thiophene rings is 1. The van der Waals surface area contributed by atoms with E-state index in [1.54, 1.807) is 11.3 Å². The summed E-state index contributed by atoms with van der Waals surface area (Å²) in [7, 11) is 0. The van der Waals surface area contributed by atoms with Gasteiger partial charge >= 0.3 is 0 Å². The Morgan fingerprint density at radius 3 is 2.85 bits per heavy atom. The molecule has 2 heteroatoms. The molecule has 1 rings (SSSR count). The third-order valence-electron chi connectivity index (χ3n) is 2.50. The van der Waals surface area contributed by atoms with Gasteiger partial charge in [-0.1, -0.05) is 19.9 Å². The van der Waals surface area contributed by atoms with Crippen LogP contribution in [-0.2, 0) is 6.42 Å².